The molecule has 0 bridgehead atoms. The second-order valence-electron chi connectivity index (χ2n) is 3.87. The van der Waals surface area contributed by atoms with Crippen molar-refractivity contribution in [3.05, 3.63) is 57.5 Å². The molecule has 1 aromatic carbocycles. The van der Waals surface area contributed by atoms with Gasteiger partial charge in [-0.1, -0.05) is 23.8 Å². The summed E-state index contributed by atoms with van der Waals surface area (Å²) < 4.78 is 5.90. The molecule has 0 amide bonds. The van der Waals surface area contributed by atoms with Gasteiger partial charge in [0.25, 0.3) is 0 Å². The van der Waals surface area contributed by atoms with Crippen LogP contribution in [0.5, 0.6) is 0 Å². The van der Waals surface area contributed by atoms with Gasteiger partial charge in [0.2, 0.25) is 0 Å². The molecule has 0 radical (unpaired) electrons. The Hall–Kier alpha value is -0.730. The minimum Gasteiger partial charge on any atom is -0.457 e. The second kappa shape index (κ2) is 4.64. The zero-order valence-electron chi connectivity index (χ0n) is 9.13. The van der Waals surface area contributed by atoms with Crippen molar-refractivity contribution in [3.8, 4) is 0 Å². The summed E-state index contributed by atoms with van der Waals surface area (Å²) in [5.74, 6) is 0. The summed E-state index contributed by atoms with van der Waals surface area (Å²) in [6.45, 7) is 4.15. The van der Waals surface area contributed by atoms with Gasteiger partial charge in [-0.2, -0.15) is 0 Å². The van der Waals surface area contributed by atoms with Crippen molar-refractivity contribution >= 4 is 27.5 Å². The first-order valence-corrected chi connectivity index (χ1v) is 6.26. The topological polar surface area (TPSA) is 13.1 Å². The Morgan fingerprint density at radius 3 is 2.50 bits per heavy atom. The van der Waals surface area contributed by atoms with Crippen LogP contribution in [0.4, 0.5) is 0 Å². The molecular weight excluding hydrogens is 287 g/mol. The van der Waals surface area contributed by atoms with Gasteiger partial charge in [-0.05, 0) is 47.0 Å². The number of hydrogen-bond acceptors (Lipinski definition) is 1. The number of benzene rings is 1. The van der Waals surface area contributed by atoms with Crippen LogP contribution in [0.15, 0.2) is 39.6 Å². The maximum Gasteiger partial charge on any atom is 0.173 e. The smallest absolute Gasteiger partial charge is 0.173 e. The maximum atomic E-state index is 6.45. The lowest BCUT2D eigenvalue weighted by molar-refractivity contribution is 0.537. The molecule has 0 aliphatic rings. The fourth-order valence-electron chi connectivity index (χ4n) is 1.76. The maximum absolute atomic E-state index is 6.45. The molecular formula is C13H12BrClO. The highest BCUT2D eigenvalue weighted by molar-refractivity contribution is 9.10. The van der Waals surface area contributed by atoms with E-state index in [2.05, 4.69) is 48.0 Å². The first-order chi connectivity index (χ1) is 7.59. The number of rotatable bonds is 2. The quantitative estimate of drug-likeness (QED) is 0.712. The van der Waals surface area contributed by atoms with Crippen LogP contribution in [0.2, 0.25) is 0 Å². The van der Waals surface area contributed by atoms with Crippen molar-refractivity contribution in [3.63, 3.8) is 0 Å². The molecule has 1 aromatic heterocycles. The third-order valence-electron chi connectivity index (χ3n) is 2.62. The molecule has 0 saturated carbocycles. The van der Waals surface area contributed by atoms with Crippen LogP contribution in [0.25, 0.3) is 0 Å². The summed E-state index contributed by atoms with van der Waals surface area (Å²) in [5, 5.41) is -0.172. The highest BCUT2D eigenvalue weighted by atomic mass is 79.9. The van der Waals surface area contributed by atoms with E-state index >= 15 is 0 Å². The average molecular weight is 300 g/mol. The van der Waals surface area contributed by atoms with Crippen LogP contribution < -0.4 is 0 Å². The molecule has 1 unspecified atom stereocenters. The van der Waals surface area contributed by atoms with Crippen molar-refractivity contribution in [2.45, 2.75) is 19.2 Å². The number of aryl methyl sites for hydroxylation is 2. The largest absolute Gasteiger partial charge is 0.457 e. The lowest BCUT2D eigenvalue weighted by Gasteiger charge is -2.12. The fourth-order valence-corrected chi connectivity index (χ4v) is 2.78. The van der Waals surface area contributed by atoms with Gasteiger partial charge in [-0.25, -0.2) is 0 Å². The summed E-state index contributed by atoms with van der Waals surface area (Å²) in [6, 6.07) is 8.17. The summed E-state index contributed by atoms with van der Waals surface area (Å²) >= 11 is 9.80. The van der Waals surface area contributed by atoms with E-state index in [1.165, 1.54) is 11.1 Å². The zero-order chi connectivity index (χ0) is 11.7. The molecule has 1 atom stereocenters. The van der Waals surface area contributed by atoms with Crippen molar-refractivity contribution in [2.24, 2.45) is 0 Å². The van der Waals surface area contributed by atoms with Gasteiger partial charge in [-0.3, -0.25) is 0 Å². The van der Waals surface area contributed by atoms with Gasteiger partial charge in [-0.15, -0.1) is 11.6 Å². The van der Waals surface area contributed by atoms with Crippen molar-refractivity contribution in [1.82, 2.24) is 0 Å². The minimum atomic E-state index is -0.172. The minimum absolute atomic E-state index is 0.172. The fraction of sp³-hybridized carbons (Fsp3) is 0.231. The Balaban J connectivity index is 2.41. The standard InChI is InChI=1S/C13H12BrClO/c1-8-3-4-10(9(2)7-8)12(15)11-5-6-16-13(11)14/h3-7,12H,1-2H3. The Morgan fingerprint density at radius 2 is 1.94 bits per heavy atom. The molecule has 84 valence electrons. The Kier molecular flexibility index (Phi) is 3.41. The normalized spacial score (nSPS) is 12.8. The van der Waals surface area contributed by atoms with Crippen LogP contribution >= 0.6 is 27.5 Å². The van der Waals surface area contributed by atoms with E-state index in [1.54, 1.807) is 6.26 Å². The first-order valence-electron chi connectivity index (χ1n) is 5.03. The van der Waals surface area contributed by atoms with Crippen LogP contribution in [0.1, 0.15) is 27.6 Å². The van der Waals surface area contributed by atoms with Crippen LogP contribution in [0.3, 0.4) is 0 Å². The molecule has 0 spiro atoms. The van der Waals surface area contributed by atoms with E-state index in [9.17, 15) is 0 Å². The average Bonchev–Trinajstić information content (AvgIpc) is 2.63. The third kappa shape index (κ3) is 2.18. The Bertz CT molecular complexity index is 504. The van der Waals surface area contributed by atoms with Gasteiger partial charge >= 0.3 is 0 Å². The lowest BCUT2D eigenvalue weighted by Crippen LogP contribution is -1.96. The highest BCUT2D eigenvalue weighted by Gasteiger charge is 2.17. The van der Waals surface area contributed by atoms with Gasteiger partial charge in [0.15, 0.2) is 4.67 Å². The van der Waals surface area contributed by atoms with E-state index in [0.29, 0.717) is 4.67 Å². The van der Waals surface area contributed by atoms with Gasteiger partial charge in [0.05, 0.1) is 11.6 Å². The Labute approximate surface area is 109 Å². The monoisotopic (exact) mass is 298 g/mol. The van der Waals surface area contributed by atoms with Crippen LogP contribution in [0, 0.1) is 13.8 Å². The van der Waals surface area contributed by atoms with E-state index in [0.717, 1.165) is 11.1 Å². The molecule has 0 saturated heterocycles. The second-order valence-corrected chi connectivity index (χ2v) is 5.03. The number of halogens is 2. The summed E-state index contributed by atoms with van der Waals surface area (Å²) in [7, 11) is 0. The zero-order valence-corrected chi connectivity index (χ0v) is 11.5. The molecule has 1 nitrogen and oxygen atoms in total. The van der Waals surface area contributed by atoms with E-state index in [-0.39, 0.29) is 5.38 Å². The SMILES string of the molecule is Cc1ccc(C(Cl)c2ccoc2Br)c(C)c1. The molecule has 16 heavy (non-hydrogen) atoms. The number of alkyl halides is 1. The predicted octanol–water partition coefficient (Wildman–Crippen LogP) is 4.99. The lowest BCUT2D eigenvalue weighted by atomic mass is 10.00. The van der Waals surface area contributed by atoms with Crippen molar-refractivity contribution in [2.75, 3.05) is 0 Å². The summed E-state index contributed by atoms with van der Waals surface area (Å²) in [5.41, 5.74) is 4.53. The predicted molar refractivity (Wildman–Crippen MR) is 70.0 cm³/mol. The molecule has 0 aliphatic heterocycles. The van der Waals surface area contributed by atoms with Crippen LogP contribution in [-0.2, 0) is 0 Å². The van der Waals surface area contributed by atoms with Gasteiger partial charge < -0.3 is 4.42 Å². The molecule has 0 N–H and O–H groups in total. The van der Waals surface area contributed by atoms with E-state index in [1.807, 2.05) is 6.07 Å². The van der Waals surface area contributed by atoms with Gasteiger partial charge in [0, 0.05) is 5.56 Å². The molecule has 3 heteroatoms. The molecule has 2 rings (SSSR count). The summed E-state index contributed by atoms with van der Waals surface area (Å²) in [4.78, 5) is 0. The number of hydrogen-bond donors (Lipinski definition) is 0. The van der Waals surface area contributed by atoms with E-state index in [4.69, 9.17) is 16.0 Å². The first kappa shape index (κ1) is 11.7. The van der Waals surface area contributed by atoms with Crippen molar-refractivity contribution < 1.29 is 4.42 Å². The highest BCUT2D eigenvalue weighted by Crippen LogP contribution is 2.35. The molecule has 0 fully saturated rings. The van der Waals surface area contributed by atoms with Crippen molar-refractivity contribution in [1.29, 1.82) is 0 Å². The van der Waals surface area contributed by atoms with Gasteiger partial charge in [0.1, 0.15) is 0 Å². The number of furan rings is 1. The Morgan fingerprint density at radius 1 is 1.19 bits per heavy atom. The third-order valence-corrected chi connectivity index (χ3v) is 3.73. The summed E-state index contributed by atoms with van der Waals surface area (Å²) in [6.07, 6.45) is 1.64. The molecule has 2 aromatic rings. The molecule has 1 heterocycles. The molecule has 0 aliphatic carbocycles. The van der Waals surface area contributed by atoms with E-state index < -0.39 is 0 Å². The van der Waals surface area contributed by atoms with Crippen LogP contribution in [-0.4, -0.2) is 0 Å².